The number of carbonyl (C=O) groups is 2. The summed E-state index contributed by atoms with van der Waals surface area (Å²) in [7, 11) is 2.89. The molecule has 16 nitrogen and oxygen atoms in total. The first-order chi connectivity index (χ1) is 23.6. The standard InChI is InChI=1S/C31H40Cl2N8O8Si/c1-37(30(42)40(19-49-13-14-50(4,5)6)29-27(32)23(47-2)16-24(48-3)28(29)33)26-17-25(34-18-35-26)36-21-8-7-20(15-22(21)41(45)46)38-9-11-39(12-10-38)31(43)44/h7-8,15-18H,9-14,19H2,1-6H3,(H,43,44)(H,34,35,36). The minimum absolute atomic E-state index is 0.0680. The third-order valence-electron chi connectivity index (χ3n) is 7.91. The van der Waals surface area contributed by atoms with Gasteiger partial charge in [0.25, 0.3) is 5.69 Å². The van der Waals surface area contributed by atoms with E-state index in [2.05, 4.69) is 34.9 Å². The number of hydrogen-bond acceptors (Lipinski definition) is 11. The van der Waals surface area contributed by atoms with E-state index in [9.17, 15) is 24.8 Å². The number of nitro benzene ring substituents is 1. The van der Waals surface area contributed by atoms with Gasteiger partial charge in [0.1, 0.15) is 51.9 Å². The molecule has 0 radical (unpaired) electrons. The lowest BCUT2D eigenvalue weighted by Crippen LogP contribution is -2.48. The van der Waals surface area contributed by atoms with Gasteiger partial charge in [-0.15, -0.1) is 0 Å². The first-order valence-corrected chi connectivity index (χ1v) is 19.9. The van der Waals surface area contributed by atoms with E-state index in [1.54, 1.807) is 12.1 Å². The molecule has 1 fully saturated rings. The fourth-order valence-corrected chi connectivity index (χ4v) is 6.47. The number of nitrogens with one attached hydrogen (secondary N) is 1. The number of anilines is 5. The number of amides is 3. The highest BCUT2D eigenvalue weighted by Crippen LogP contribution is 2.46. The molecule has 1 aromatic heterocycles. The number of hydrogen-bond donors (Lipinski definition) is 2. The van der Waals surface area contributed by atoms with Crippen LogP contribution >= 0.6 is 23.2 Å². The average Bonchev–Trinajstić information content (AvgIpc) is 3.08. The van der Waals surface area contributed by atoms with Gasteiger partial charge in [-0.1, -0.05) is 42.8 Å². The number of benzene rings is 2. The smallest absolute Gasteiger partial charge is 0.407 e. The molecule has 2 N–H and O–H groups in total. The summed E-state index contributed by atoms with van der Waals surface area (Å²) in [6.07, 6.45) is 0.214. The summed E-state index contributed by atoms with van der Waals surface area (Å²) in [6.45, 7) is 8.18. The lowest BCUT2D eigenvalue weighted by Gasteiger charge is -2.34. The second kappa shape index (κ2) is 16.4. The molecule has 50 heavy (non-hydrogen) atoms. The van der Waals surface area contributed by atoms with Crippen molar-refractivity contribution in [2.75, 3.05) is 80.8 Å². The van der Waals surface area contributed by atoms with Crippen LogP contribution in [-0.4, -0.2) is 106 Å². The van der Waals surface area contributed by atoms with Gasteiger partial charge < -0.3 is 34.4 Å². The molecular formula is C31H40Cl2N8O8Si. The summed E-state index contributed by atoms with van der Waals surface area (Å²) < 4.78 is 16.8. The third-order valence-corrected chi connectivity index (χ3v) is 10.3. The Morgan fingerprint density at radius 1 is 1.04 bits per heavy atom. The number of urea groups is 1. The third kappa shape index (κ3) is 9.15. The zero-order valence-electron chi connectivity index (χ0n) is 28.6. The van der Waals surface area contributed by atoms with Crippen molar-refractivity contribution in [3.63, 3.8) is 0 Å². The molecule has 1 aliphatic heterocycles. The highest BCUT2D eigenvalue weighted by molar-refractivity contribution is 6.76. The van der Waals surface area contributed by atoms with E-state index in [1.807, 2.05) is 4.90 Å². The summed E-state index contributed by atoms with van der Waals surface area (Å²) in [6, 6.07) is 7.89. The van der Waals surface area contributed by atoms with Gasteiger partial charge in [0.05, 0.1) is 24.8 Å². The summed E-state index contributed by atoms with van der Waals surface area (Å²) in [5.41, 5.74) is 0.633. The number of halogens is 2. The van der Waals surface area contributed by atoms with E-state index in [0.29, 0.717) is 25.4 Å². The number of nitrogens with zero attached hydrogens (tertiary/aromatic N) is 7. The second-order valence-corrected chi connectivity index (χ2v) is 18.9. The number of methoxy groups -OCH3 is 2. The number of aromatic nitrogens is 2. The van der Waals surface area contributed by atoms with Gasteiger partial charge in [0.2, 0.25) is 0 Å². The van der Waals surface area contributed by atoms with E-state index in [-0.39, 0.29) is 70.1 Å². The van der Waals surface area contributed by atoms with Crippen molar-refractivity contribution in [3.8, 4) is 11.5 Å². The number of rotatable bonds is 13. The number of ether oxygens (including phenoxy) is 3. The Kier molecular flexibility index (Phi) is 12.5. The van der Waals surface area contributed by atoms with Crippen LogP contribution in [0, 0.1) is 10.1 Å². The Bertz CT molecular complexity index is 1690. The minimum Gasteiger partial charge on any atom is -0.495 e. The van der Waals surface area contributed by atoms with E-state index < -0.39 is 25.1 Å². The van der Waals surface area contributed by atoms with Crippen molar-refractivity contribution >= 4 is 77.8 Å². The van der Waals surface area contributed by atoms with Gasteiger partial charge in [-0.3, -0.25) is 19.9 Å². The van der Waals surface area contributed by atoms with Gasteiger partial charge in [0.15, 0.2) is 0 Å². The molecule has 0 atom stereocenters. The minimum atomic E-state index is -1.45. The van der Waals surface area contributed by atoms with Gasteiger partial charge in [0, 0.05) is 71.8 Å². The van der Waals surface area contributed by atoms with Crippen molar-refractivity contribution in [1.82, 2.24) is 14.9 Å². The van der Waals surface area contributed by atoms with Crippen LogP contribution in [0.4, 0.5) is 44.0 Å². The Balaban J connectivity index is 1.61. The van der Waals surface area contributed by atoms with Gasteiger partial charge in [-0.25, -0.2) is 19.6 Å². The quantitative estimate of drug-likeness (QED) is 0.0628. The van der Waals surface area contributed by atoms with Crippen LogP contribution < -0.4 is 29.5 Å². The van der Waals surface area contributed by atoms with E-state index >= 15 is 0 Å². The molecule has 4 rings (SSSR count). The predicted octanol–water partition coefficient (Wildman–Crippen LogP) is 6.63. The molecule has 2 heterocycles. The maximum atomic E-state index is 14.2. The summed E-state index contributed by atoms with van der Waals surface area (Å²) >= 11 is 13.4. The molecule has 1 saturated heterocycles. The molecule has 0 spiro atoms. The fourth-order valence-electron chi connectivity index (χ4n) is 5.00. The van der Waals surface area contributed by atoms with Crippen LogP contribution in [0.15, 0.2) is 36.7 Å². The SMILES string of the molecule is COc1cc(OC)c(Cl)c(N(COCC[Si](C)(C)C)C(=O)N(C)c2cc(Nc3ccc(N4CCN(C(=O)O)CC4)cc3[N+](=O)[O-])ncn2)c1Cl. The Labute approximate surface area is 300 Å². The van der Waals surface area contributed by atoms with Crippen LogP contribution in [0.2, 0.25) is 35.7 Å². The molecule has 3 amide bonds. The summed E-state index contributed by atoms with van der Waals surface area (Å²) in [5, 5.41) is 24.4. The average molecular weight is 752 g/mol. The van der Waals surface area contributed by atoms with Crippen LogP contribution in [-0.2, 0) is 4.74 Å². The van der Waals surface area contributed by atoms with Crippen molar-refractivity contribution in [2.45, 2.75) is 25.7 Å². The molecule has 19 heteroatoms. The van der Waals surface area contributed by atoms with Crippen LogP contribution in [0.25, 0.3) is 0 Å². The zero-order chi connectivity index (χ0) is 36.7. The van der Waals surface area contributed by atoms with Gasteiger partial charge in [-0.2, -0.15) is 0 Å². The number of carbonyl (C=O) groups excluding carboxylic acids is 1. The van der Waals surface area contributed by atoms with Crippen LogP contribution in [0.3, 0.4) is 0 Å². The van der Waals surface area contributed by atoms with Gasteiger partial charge in [-0.05, 0) is 18.2 Å². The molecule has 3 aromatic rings. The molecular weight excluding hydrogens is 711 g/mol. The highest BCUT2D eigenvalue weighted by Gasteiger charge is 2.30. The van der Waals surface area contributed by atoms with Crippen LogP contribution in [0.5, 0.6) is 11.5 Å². The summed E-state index contributed by atoms with van der Waals surface area (Å²) in [4.78, 5) is 51.2. The molecule has 270 valence electrons. The van der Waals surface area contributed by atoms with Gasteiger partial charge >= 0.3 is 12.1 Å². The Hall–Kier alpha value is -4.58. The van der Waals surface area contributed by atoms with Crippen molar-refractivity contribution in [1.29, 1.82) is 0 Å². The van der Waals surface area contributed by atoms with E-state index in [1.165, 1.54) is 60.5 Å². The Morgan fingerprint density at radius 2 is 1.68 bits per heavy atom. The molecule has 0 bridgehead atoms. The largest absolute Gasteiger partial charge is 0.495 e. The van der Waals surface area contributed by atoms with Crippen molar-refractivity contribution in [3.05, 3.63) is 56.8 Å². The zero-order valence-corrected chi connectivity index (χ0v) is 31.1. The fraction of sp³-hybridized carbons (Fsp3) is 0.419. The normalized spacial score (nSPS) is 13.1. The Morgan fingerprint density at radius 3 is 2.24 bits per heavy atom. The number of nitro groups is 1. The first kappa shape index (κ1) is 38.2. The molecule has 1 aliphatic rings. The monoisotopic (exact) mass is 750 g/mol. The maximum absolute atomic E-state index is 14.2. The second-order valence-electron chi connectivity index (χ2n) is 12.5. The molecule has 2 aromatic carbocycles. The lowest BCUT2D eigenvalue weighted by molar-refractivity contribution is -0.383. The topological polar surface area (TPSA) is 176 Å². The van der Waals surface area contributed by atoms with E-state index in [4.69, 9.17) is 37.4 Å². The molecule has 0 unspecified atom stereocenters. The molecule has 0 aliphatic carbocycles. The first-order valence-electron chi connectivity index (χ1n) is 15.5. The molecule has 0 saturated carbocycles. The van der Waals surface area contributed by atoms with Crippen LogP contribution in [0.1, 0.15) is 0 Å². The summed E-state index contributed by atoms with van der Waals surface area (Å²) in [5.74, 6) is 0.790. The highest BCUT2D eigenvalue weighted by atomic mass is 35.5. The number of piperazine rings is 1. The number of carboxylic acid groups (broad SMARTS) is 1. The van der Waals surface area contributed by atoms with Crippen molar-refractivity contribution in [2.24, 2.45) is 0 Å². The van der Waals surface area contributed by atoms with Crippen molar-refractivity contribution < 1.29 is 33.8 Å². The van der Waals surface area contributed by atoms with E-state index in [0.717, 1.165) is 6.04 Å². The lowest BCUT2D eigenvalue weighted by atomic mass is 10.2. The maximum Gasteiger partial charge on any atom is 0.407 e. The predicted molar refractivity (Wildman–Crippen MR) is 195 cm³/mol.